The van der Waals surface area contributed by atoms with Crippen LogP contribution < -0.4 is 10.3 Å². The van der Waals surface area contributed by atoms with E-state index in [-0.39, 0.29) is 24.1 Å². The number of esters is 1. The van der Waals surface area contributed by atoms with Gasteiger partial charge in [0.1, 0.15) is 12.4 Å². The van der Waals surface area contributed by atoms with Crippen molar-refractivity contribution in [2.75, 3.05) is 0 Å². The molecular formula is C31H39NO5. The minimum Gasteiger partial charge on any atom is -0.463 e. The highest BCUT2D eigenvalue weighted by molar-refractivity contribution is 5.91. The molecule has 0 bridgehead atoms. The van der Waals surface area contributed by atoms with Crippen LogP contribution in [0.5, 0.6) is 5.75 Å². The zero-order valence-electron chi connectivity index (χ0n) is 23.0. The number of benzene rings is 1. The maximum Gasteiger partial charge on any atom is 0.308 e. The van der Waals surface area contributed by atoms with Gasteiger partial charge in [-0.15, -0.1) is 0 Å². The molecule has 0 fully saturated rings. The van der Waals surface area contributed by atoms with E-state index >= 15 is 0 Å². The summed E-state index contributed by atoms with van der Waals surface area (Å²) in [5.41, 5.74) is 7.75. The second-order valence-electron chi connectivity index (χ2n) is 9.74. The molecule has 1 aliphatic heterocycles. The van der Waals surface area contributed by atoms with Crippen molar-refractivity contribution >= 4 is 23.6 Å². The second-order valence-corrected chi connectivity index (χ2v) is 9.74. The van der Waals surface area contributed by atoms with Gasteiger partial charge in [0, 0.05) is 6.92 Å². The van der Waals surface area contributed by atoms with Gasteiger partial charge in [0.25, 0.3) is 12.0 Å². The van der Waals surface area contributed by atoms with E-state index in [0.717, 1.165) is 71.2 Å². The van der Waals surface area contributed by atoms with Crippen molar-refractivity contribution < 1.29 is 19.1 Å². The van der Waals surface area contributed by atoms with Crippen LogP contribution in [0.3, 0.4) is 0 Å². The molecule has 198 valence electrons. The van der Waals surface area contributed by atoms with Crippen molar-refractivity contribution in [3.63, 3.8) is 0 Å². The Morgan fingerprint density at radius 1 is 1.16 bits per heavy atom. The van der Waals surface area contributed by atoms with Gasteiger partial charge in [0.05, 0.1) is 17.8 Å². The van der Waals surface area contributed by atoms with Gasteiger partial charge in [0.15, 0.2) is 0 Å². The number of carbonyl (C=O) groups excluding carboxylic acids is 2. The molecule has 1 aromatic heterocycles. The molecule has 0 unspecified atom stereocenters. The number of carbonyl (C=O) groups is 2. The lowest BCUT2D eigenvalue weighted by Crippen LogP contribution is -2.26. The first-order valence-corrected chi connectivity index (χ1v) is 13.3. The monoisotopic (exact) mass is 505 g/mol. The molecule has 0 radical (unpaired) electrons. The van der Waals surface area contributed by atoms with Gasteiger partial charge >= 0.3 is 5.97 Å². The number of hydrogen-bond acceptors (Lipinski definition) is 5. The molecule has 2 heterocycles. The molecule has 0 saturated heterocycles. The fourth-order valence-corrected chi connectivity index (χ4v) is 5.27. The Balaban J connectivity index is 2.28. The van der Waals surface area contributed by atoms with Crippen LogP contribution in [0.2, 0.25) is 0 Å². The summed E-state index contributed by atoms with van der Waals surface area (Å²) in [5, 5.41) is 0. The van der Waals surface area contributed by atoms with E-state index in [2.05, 4.69) is 39.8 Å². The Hall–Kier alpha value is -3.41. The minimum atomic E-state index is -0.359. The molecule has 6 heteroatoms. The lowest BCUT2D eigenvalue weighted by Gasteiger charge is -2.18. The maximum absolute atomic E-state index is 13.8. The number of allylic oxidation sites excluding steroid dienone is 4. The lowest BCUT2D eigenvalue weighted by molar-refractivity contribution is -0.132. The van der Waals surface area contributed by atoms with Crippen molar-refractivity contribution in [2.24, 2.45) is 0 Å². The van der Waals surface area contributed by atoms with Gasteiger partial charge in [-0.2, -0.15) is 0 Å². The maximum atomic E-state index is 13.8. The number of rotatable bonds is 11. The summed E-state index contributed by atoms with van der Waals surface area (Å²) in [6.07, 6.45) is 6.82. The van der Waals surface area contributed by atoms with Crippen LogP contribution in [-0.4, -0.2) is 17.0 Å². The summed E-state index contributed by atoms with van der Waals surface area (Å²) in [4.78, 5) is 36.4. The molecule has 0 N–H and O–H groups in total. The quantitative estimate of drug-likeness (QED) is 0.193. The molecule has 37 heavy (non-hydrogen) atoms. The third-order valence-electron chi connectivity index (χ3n) is 7.05. The molecule has 0 aliphatic carbocycles. The van der Waals surface area contributed by atoms with E-state index in [9.17, 15) is 14.4 Å². The lowest BCUT2D eigenvalue weighted by atomic mass is 9.88. The molecule has 2 aromatic rings. The van der Waals surface area contributed by atoms with E-state index in [1.165, 1.54) is 6.92 Å². The Labute approximate surface area is 220 Å². The molecule has 1 atom stereocenters. The standard InChI is InChI=1S/C31H39NO5/c1-7-10-12-25-28(24(9-3)26-15-23(37-22(6)34)14-13-21(26)5)17-32-30(25)16-27(20(4)11-8-2)29(31(32)35)18-36-19-33/h12-16,19-20H,7-11,17-18H2,1-6H3/b25-12?,28-24-/t20-/m0/s1. The van der Waals surface area contributed by atoms with Crippen LogP contribution in [0.4, 0.5) is 0 Å². The van der Waals surface area contributed by atoms with E-state index in [1.54, 1.807) is 6.07 Å². The van der Waals surface area contributed by atoms with Crippen molar-refractivity contribution in [1.82, 2.24) is 4.57 Å². The number of fused-ring (bicyclic) bond motifs is 1. The number of aromatic nitrogens is 1. The average molecular weight is 506 g/mol. The molecule has 1 aromatic carbocycles. The van der Waals surface area contributed by atoms with Crippen LogP contribution in [0.1, 0.15) is 101 Å². The van der Waals surface area contributed by atoms with Gasteiger partial charge < -0.3 is 14.0 Å². The number of nitrogens with zero attached hydrogens (tertiary/aromatic N) is 1. The summed E-state index contributed by atoms with van der Waals surface area (Å²) in [6.45, 7) is 12.8. The smallest absolute Gasteiger partial charge is 0.308 e. The topological polar surface area (TPSA) is 74.6 Å². The summed E-state index contributed by atoms with van der Waals surface area (Å²) in [7, 11) is 0. The molecule has 1 aliphatic rings. The Morgan fingerprint density at radius 3 is 2.54 bits per heavy atom. The van der Waals surface area contributed by atoms with Crippen molar-refractivity contribution in [3.8, 4) is 5.75 Å². The first-order valence-electron chi connectivity index (χ1n) is 13.3. The zero-order valence-corrected chi connectivity index (χ0v) is 23.0. The highest BCUT2D eigenvalue weighted by Crippen LogP contribution is 2.41. The van der Waals surface area contributed by atoms with Crippen LogP contribution in [-0.2, 0) is 27.5 Å². The molecule has 0 saturated carbocycles. The normalized spacial score (nSPS) is 15.9. The highest BCUT2D eigenvalue weighted by atomic mass is 16.5. The number of aryl methyl sites for hydroxylation is 1. The molecule has 0 spiro atoms. The molecule has 3 rings (SSSR count). The predicted octanol–water partition coefficient (Wildman–Crippen LogP) is 6.72. The summed E-state index contributed by atoms with van der Waals surface area (Å²) < 4.78 is 12.3. The van der Waals surface area contributed by atoms with Crippen LogP contribution in [0.15, 0.2) is 40.7 Å². The zero-order chi connectivity index (χ0) is 27.1. The van der Waals surface area contributed by atoms with Gasteiger partial charge in [0.2, 0.25) is 0 Å². The fourth-order valence-electron chi connectivity index (χ4n) is 5.27. The predicted molar refractivity (Wildman–Crippen MR) is 147 cm³/mol. The van der Waals surface area contributed by atoms with E-state index in [4.69, 9.17) is 9.47 Å². The van der Waals surface area contributed by atoms with Crippen LogP contribution in [0, 0.1) is 6.92 Å². The SMILES string of the molecule is CCCC=C1/C(=C(/CC)c2cc(OC(C)=O)ccc2C)Cn2c1cc([C@@H](C)CCC)c(COC=O)c2=O. The molecule has 6 nitrogen and oxygen atoms in total. The van der Waals surface area contributed by atoms with Crippen molar-refractivity contribution in [1.29, 1.82) is 0 Å². The van der Waals surface area contributed by atoms with Crippen LogP contribution >= 0.6 is 0 Å². The first-order chi connectivity index (χ1) is 17.8. The van der Waals surface area contributed by atoms with Gasteiger partial charge in [-0.3, -0.25) is 14.4 Å². The third kappa shape index (κ3) is 6.12. The third-order valence-corrected chi connectivity index (χ3v) is 7.05. The molecular weight excluding hydrogens is 466 g/mol. The Bertz CT molecular complexity index is 1280. The van der Waals surface area contributed by atoms with Crippen molar-refractivity contribution in [3.05, 3.63) is 74.2 Å². The van der Waals surface area contributed by atoms with E-state index in [0.29, 0.717) is 24.3 Å². The Morgan fingerprint density at radius 2 is 1.92 bits per heavy atom. The van der Waals surface area contributed by atoms with Gasteiger partial charge in [-0.05, 0) is 83.7 Å². The summed E-state index contributed by atoms with van der Waals surface area (Å²) >= 11 is 0. The number of pyridine rings is 1. The van der Waals surface area contributed by atoms with Crippen molar-refractivity contribution in [2.45, 2.75) is 92.7 Å². The Kier molecular flexibility index (Phi) is 9.67. The molecule has 0 amide bonds. The fraction of sp³-hybridized carbons (Fsp3) is 0.452. The van der Waals surface area contributed by atoms with Crippen LogP contribution in [0.25, 0.3) is 11.1 Å². The van der Waals surface area contributed by atoms with Gasteiger partial charge in [-0.25, -0.2) is 0 Å². The largest absolute Gasteiger partial charge is 0.463 e. The summed E-state index contributed by atoms with van der Waals surface area (Å²) in [6, 6.07) is 7.83. The van der Waals surface area contributed by atoms with E-state index in [1.807, 2.05) is 23.6 Å². The average Bonchev–Trinajstić information content (AvgIpc) is 3.22. The second kappa shape index (κ2) is 12.7. The number of ether oxygens (including phenoxy) is 2. The minimum absolute atomic E-state index is 0.0246. The summed E-state index contributed by atoms with van der Waals surface area (Å²) in [5.74, 6) is 0.320. The number of hydrogen-bond donors (Lipinski definition) is 0. The van der Waals surface area contributed by atoms with E-state index < -0.39 is 0 Å². The first kappa shape index (κ1) is 28.2. The van der Waals surface area contributed by atoms with Gasteiger partial charge in [-0.1, -0.05) is 52.7 Å². The highest BCUT2D eigenvalue weighted by Gasteiger charge is 2.29. The number of unbranched alkanes of at least 4 members (excludes halogenated alkanes) is 1.